The number of para-hydroxylation sites is 1. The van der Waals surface area contributed by atoms with Crippen molar-refractivity contribution in [2.24, 2.45) is 0 Å². The molecule has 3 rings (SSSR count). The zero-order valence-electron chi connectivity index (χ0n) is 9.38. The minimum Gasteiger partial charge on any atom is -0.360 e. The number of fused-ring (bicyclic) bond motifs is 1. The molecule has 6 heteroatoms. The van der Waals surface area contributed by atoms with Crippen LogP contribution in [0.2, 0.25) is 0 Å². The summed E-state index contributed by atoms with van der Waals surface area (Å²) in [5, 5.41) is 12.1. The van der Waals surface area contributed by atoms with E-state index in [9.17, 15) is 4.79 Å². The van der Waals surface area contributed by atoms with Gasteiger partial charge in [-0.2, -0.15) is 0 Å². The lowest BCUT2D eigenvalue weighted by atomic mass is 10.1. The first-order valence-corrected chi connectivity index (χ1v) is 6.32. The molecule has 0 unspecified atom stereocenters. The minimum absolute atomic E-state index is 0.0302. The van der Waals surface area contributed by atoms with E-state index in [-0.39, 0.29) is 12.3 Å². The number of nitrogens with zero attached hydrogens (tertiary/aromatic N) is 2. The normalized spacial score (nSPS) is 10.7. The van der Waals surface area contributed by atoms with Gasteiger partial charge in [-0.3, -0.25) is 4.79 Å². The van der Waals surface area contributed by atoms with E-state index in [1.54, 1.807) is 11.7 Å². The molecule has 0 fully saturated rings. The van der Waals surface area contributed by atoms with E-state index in [1.165, 1.54) is 11.3 Å². The number of benzene rings is 1. The van der Waals surface area contributed by atoms with Gasteiger partial charge in [0, 0.05) is 22.7 Å². The first-order valence-electron chi connectivity index (χ1n) is 5.44. The number of hydrogen-bond acceptors (Lipinski definition) is 5. The number of H-pyrrole nitrogens is 1. The summed E-state index contributed by atoms with van der Waals surface area (Å²) in [7, 11) is 0. The fourth-order valence-electron chi connectivity index (χ4n) is 1.80. The predicted octanol–water partition coefficient (Wildman–Crippen LogP) is 2.31. The van der Waals surface area contributed by atoms with Gasteiger partial charge in [0.2, 0.25) is 5.13 Å². The van der Waals surface area contributed by atoms with Crippen LogP contribution in [0.5, 0.6) is 0 Å². The first-order chi connectivity index (χ1) is 8.84. The van der Waals surface area contributed by atoms with Crippen LogP contribution in [0.3, 0.4) is 0 Å². The maximum atomic E-state index is 12.1. The second-order valence-corrected chi connectivity index (χ2v) is 4.60. The van der Waals surface area contributed by atoms with Crippen LogP contribution >= 0.6 is 11.3 Å². The number of aromatic amines is 1. The molecule has 0 saturated carbocycles. The molecule has 0 amide bonds. The highest BCUT2D eigenvalue weighted by atomic mass is 32.1. The first kappa shape index (κ1) is 10.9. The SMILES string of the molecule is O=C(CNc1nncs1)c1c[nH]c2ccccc12. The van der Waals surface area contributed by atoms with Gasteiger partial charge in [-0.25, -0.2) is 0 Å². The number of ketones is 1. The van der Waals surface area contributed by atoms with Crippen LogP contribution in [0, 0.1) is 0 Å². The maximum Gasteiger partial charge on any atom is 0.205 e. The number of hydrogen-bond donors (Lipinski definition) is 2. The molecular formula is C12H10N4OS. The molecule has 0 atom stereocenters. The fraction of sp³-hybridized carbons (Fsp3) is 0.0833. The number of aromatic nitrogens is 3. The highest BCUT2D eigenvalue weighted by Crippen LogP contribution is 2.18. The van der Waals surface area contributed by atoms with Crippen molar-refractivity contribution in [2.45, 2.75) is 0 Å². The molecule has 2 aromatic heterocycles. The number of anilines is 1. The Labute approximate surface area is 107 Å². The summed E-state index contributed by atoms with van der Waals surface area (Å²) >= 11 is 1.37. The standard InChI is InChI=1S/C12H10N4OS/c17-11(6-14-12-16-15-7-18-12)9-5-13-10-4-2-1-3-8(9)10/h1-5,7,13H,6H2,(H,14,16). The molecule has 18 heavy (non-hydrogen) atoms. The van der Waals surface area contributed by atoms with Gasteiger partial charge >= 0.3 is 0 Å². The lowest BCUT2D eigenvalue weighted by Gasteiger charge is -2.00. The molecule has 0 saturated heterocycles. The van der Waals surface area contributed by atoms with Gasteiger partial charge in [-0.15, -0.1) is 10.2 Å². The second-order valence-electron chi connectivity index (χ2n) is 3.77. The topological polar surface area (TPSA) is 70.7 Å². The molecular weight excluding hydrogens is 248 g/mol. The highest BCUT2D eigenvalue weighted by molar-refractivity contribution is 7.13. The van der Waals surface area contributed by atoms with Crippen LogP contribution in [0.1, 0.15) is 10.4 Å². The molecule has 0 aliphatic rings. The zero-order valence-corrected chi connectivity index (χ0v) is 10.2. The Hall–Kier alpha value is -2.21. The van der Waals surface area contributed by atoms with Gasteiger partial charge in [-0.1, -0.05) is 29.5 Å². The molecule has 2 N–H and O–H groups in total. The highest BCUT2D eigenvalue weighted by Gasteiger charge is 2.11. The molecule has 0 radical (unpaired) electrons. The molecule has 3 aromatic rings. The third kappa shape index (κ3) is 1.98. The number of rotatable bonds is 4. The summed E-state index contributed by atoms with van der Waals surface area (Å²) in [5.74, 6) is 0.0302. The van der Waals surface area contributed by atoms with Gasteiger partial charge in [0.15, 0.2) is 5.78 Å². The summed E-state index contributed by atoms with van der Waals surface area (Å²) in [6, 6.07) is 7.74. The Kier molecular flexibility index (Phi) is 2.77. The van der Waals surface area contributed by atoms with E-state index in [0.717, 1.165) is 10.9 Å². The Morgan fingerprint density at radius 2 is 2.28 bits per heavy atom. The third-order valence-corrected chi connectivity index (χ3v) is 3.30. The minimum atomic E-state index is 0.0302. The maximum absolute atomic E-state index is 12.1. The van der Waals surface area contributed by atoms with Crippen molar-refractivity contribution in [3.05, 3.63) is 41.5 Å². The second kappa shape index (κ2) is 4.58. The summed E-state index contributed by atoms with van der Waals surface area (Å²) in [6.07, 6.45) is 1.74. The van der Waals surface area contributed by atoms with E-state index in [1.807, 2.05) is 24.3 Å². The van der Waals surface area contributed by atoms with Crippen molar-refractivity contribution >= 4 is 33.2 Å². The van der Waals surface area contributed by atoms with Crippen LogP contribution in [-0.4, -0.2) is 27.5 Å². The summed E-state index contributed by atoms with van der Waals surface area (Å²) < 4.78 is 0. The third-order valence-electron chi connectivity index (χ3n) is 2.65. The van der Waals surface area contributed by atoms with Crippen LogP contribution in [0.4, 0.5) is 5.13 Å². The molecule has 0 spiro atoms. The number of carbonyl (C=O) groups excluding carboxylic acids is 1. The Bertz CT molecular complexity index is 674. The quantitative estimate of drug-likeness (QED) is 0.704. The average Bonchev–Trinajstić information content (AvgIpc) is 3.05. The summed E-state index contributed by atoms with van der Waals surface area (Å²) in [5.41, 5.74) is 3.29. The predicted molar refractivity (Wildman–Crippen MR) is 71.0 cm³/mol. The van der Waals surface area contributed by atoms with E-state index < -0.39 is 0 Å². The number of carbonyl (C=O) groups is 1. The van der Waals surface area contributed by atoms with E-state index in [4.69, 9.17) is 0 Å². The van der Waals surface area contributed by atoms with Crippen molar-refractivity contribution in [1.82, 2.24) is 15.2 Å². The molecule has 2 heterocycles. The van der Waals surface area contributed by atoms with Gasteiger partial charge in [0.05, 0.1) is 6.54 Å². The van der Waals surface area contributed by atoms with Crippen LogP contribution < -0.4 is 5.32 Å². The molecule has 0 bridgehead atoms. The lowest BCUT2D eigenvalue weighted by molar-refractivity contribution is 0.101. The molecule has 0 aliphatic heterocycles. The van der Waals surface area contributed by atoms with Crippen LogP contribution in [0.25, 0.3) is 10.9 Å². The summed E-state index contributed by atoms with van der Waals surface area (Å²) in [4.78, 5) is 15.2. The zero-order chi connectivity index (χ0) is 12.4. The Morgan fingerprint density at radius 1 is 1.39 bits per heavy atom. The van der Waals surface area contributed by atoms with Gasteiger partial charge in [-0.05, 0) is 6.07 Å². The Morgan fingerprint density at radius 3 is 3.11 bits per heavy atom. The van der Waals surface area contributed by atoms with Crippen molar-refractivity contribution in [1.29, 1.82) is 0 Å². The molecule has 90 valence electrons. The monoisotopic (exact) mass is 258 g/mol. The van der Waals surface area contributed by atoms with Crippen molar-refractivity contribution in [2.75, 3.05) is 11.9 Å². The largest absolute Gasteiger partial charge is 0.360 e. The van der Waals surface area contributed by atoms with Crippen molar-refractivity contribution in [3.8, 4) is 0 Å². The van der Waals surface area contributed by atoms with Gasteiger partial charge < -0.3 is 10.3 Å². The summed E-state index contributed by atoms with van der Waals surface area (Å²) in [6.45, 7) is 0.219. The molecule has 0 aliphatic carbocycles. The smallest absolute Gasteiger partial charge is 0.205 e. The van der Waals surface area contributed by atoms with E-state index in [2.05, 4.69) is 20.5 Å². The van der Waals surface area contributed by atoms with Gasteiger partial charge in [0.1, 0.15) is 5.51 Å². The average molecular weight is 258 g/mol. The van der Waals surface area contributed by atoms with Gasteiger partial charge in [0.25, 0.3) is 0 Å². The van der Waals surface area contributed by atoms with Crippen LogP contribution in [0.15, 0.2) is 36.0 Å². The molecule has 5 nitrogen and oxygen atoms in total. The number of Topliss-reactive ketones (excluding diaryl/α,β-unsaturated/α-hetero) is 1. The molecule has 1 aromatic carbocycles. The van der Waals surface area contributed by atoms with E-state index in [0.29, 0.717) is 10.7 Å². The number of nitrogens with one attached hydrogen (secondary N) is 2. The Balaban J connectivity index is 1.80. The van der Waals surface area contributed by atoms with Crippen LogP contribution in [-0.2, 0) is 0 Å². The van der Waals surface area contributed by atoms with Crippen molar-refractivity contribution in [3.63, 3.8) is 0 Å². The van der Waals surface area contributed by atoms with Crippen molar-refractivity contribution < 1.29 is 4.79 Å². The fourth-order valence-corrected chi connectivity index (χ4v) is 2.25. The van der Waals surface area contributed by atoms with E-state index >= 15 is 0 Å². The lowest BCUT2D eigenvalue weighted by Crippen LogP contribution is -2.13.